The minimum atomic E-state index is -0.360. The Morgan fingerprint density at radius 2 is 2.19 bits per heavy atom. The van der Waals surface area contributed by atoms with Crippen molar-refractivity contribution in [3.63, 3.8) is 0 Å². The molecular formula is C13H17F2N. The molecule has 1 aliphatic heterocycles. The number of benzene rings is 1. The second-order valence-electron chi connectivity index (χ2n) is 4.72. The SMILES string of the molecule is C[C@H]1CCCN(Cc2cc(F)ccc2F)C1. The summed E-state index contributed by atoms with van der Waals surface area (Å²) in [6, 6.07) is 3.67. The van der Waals surface area contributed by atoms with E-state index in [0.717, 1.165) is 25.6 Å². The fraction of sp³-hybridized carbons (Fsp3) is 0.538. The van der Waals surface area contributed by atoms with Crippen molar-refractivity contribution in [2.45, 2.75) is 26.3 Å². The lowest BCUT2D eigenvalue weighted by Gasteiger charge is -2.30. The zero-order valence-corrected chi connectivity index (χ0v) is 9.55. The number of halogens is 2. The Balaban J connectivity index is 2.05. The smallest absolute Gasteiger partial charge is 0.127 e. The van der Waals surface area contributed by atoms with E-state index in [-0.39, 0.29) is 11.6 Å². The molecule has 0 saturated carbocycles. The molecule has 1 aromatic carbocycles. The molecule has 0 amide bonds. The van der Waals surface area contributed by atoms with E-state index in [1.54, 1.807) is 0 Å². The molecule has 2 rings (SSSR count). The third kappa shape index (κ3) is 2.79. The van der Waals surface area contributed by atoms with Gasteiger partial charge in [-0.3, -0.25) is 4.90 Å². The van der Waals surface area contributed by atoms with Crippen LogP contribution in [-0.4, -0.2) is 18.0 Å². The van der Waals surface area contributed by atoms with Gasteiger partial charge in [0.05, 0.1) is 0 Å². The van der Waals surface area contributed by atoms with Crippen molar-refractivity contribution in [1.82, 2.24) is 4.90 Å². The van der Waals surface area contributed by atoms with Gasteiger partial charge >= 0.3 is 0 Å². The Kier molecular flexibility index (Phi) is 3.54. The second-order valence-corrected chi connectivity index (χ2v) is 4.72. The van der Waals surface area contributed by atoms with Crippen LogP contribution in [0.5, 0.6) is 0 Å². The molecule has 1 fully saturated rings. The summed E-state index contributed by atoms with van der Waals surface area (Å²) in [6.07, 6.45) is 2.39. The average molecular weight is 225 g/mol. The molecule has 1 nitrogen and oxygen atoms in total. The highest BCUT2D eigenvalue weighted by atomic mass is 19.1. The Morgan fingerprint density at radius 3 is 2.94 bits per heavy atom. The summed E-state index contributed by atoms with van der Waals surface area (Å²) in [7, 11) is 0. The maximum Gasteiger partial charge on any atom is 0.127 e. The molecule has 1 atom stereocenters. The van der Waals surface area contributed by atoms with E-state index in [1.807, 2.05) is 0 Å². The van der Waals surface area contributed by atoms with E-state index < -0.39 is 0 Å². The summed E-state index contributed by atoms with van der Waals surface area (Å²) in [5.74, 6) is -0.00791. The van der Waals surface area contributed by atoms with Gasteiger partial charge in [-0.2, -0.15) is 0 Å². The molecule has 0 N–H and O–H groups in total. The average Bonchev–Trinajstić information content (AvgIpc) is 2.24. The van der Waals surface area contributed by atoms with Crippen LogP contribution in [0.2, 0.25) is 0 Å². The van der Waals surface area contributed by atoms with E-state index in [2.05, 4.69) is 11.8 Å². The molecule has 0 aliphatic carbocycles. The summed E-state index contributed by atoms with van der Waals surface area (Å²) in [5, 5.41) is 0. The van der Waals surface area contributed by atoms with Gasteiger partial charge in [-0.15, -0.1) is 0 Å². The maximum absolute atomic E-state index is 13.4. The van der Waals surface area contributed by atoms with E-state index in [9.17, 15) is 8.78 Å². The highest BCUT2D eigenvalue weighted by molar-refractivity contribution is 5.18. The number of hydrogen-bond acceptors (Lipinski definition) is 1. The van der Waals surface area contributed by atoms with Crippen LogP contribution >= 0.6 is 0 Å². The summed E-state index contributed by atoms with van der Waals surface area (Å²) in [6.45, 7) is 4.69. The Bertz CT molecular complexity index is 365. The van der Waals surface area contributed by atoms with Gasteiger partial charge in [0.25, 0.3) is 0 Å². The first-order valence-corrected chi connectivity index (χ1v) is 5.81. The van der Waals surface area contributed by atoms with Gasteiger partial charge in [-0.1, -0.05) is 6.92 Å². The Morgan fingerprint density at radius 1 is 1.38 bits per heavy atom. The van der Waals surface area contributed by atoms with Gasteiger partial charge in [-0.05, 0) is 43.5 Å². The highest BCUT2D eigenvalue weighted by Crippen LogP contribution is 2.19. The fourth-order valence-corrected chi connectivity index (χ4v) is 2.34. The van der Waals surface area contributed by atoms with Crippen LogP contribution in [0.1, 0.15) is 25.3 Å². The molecule has 0 spiro atoms. The van der Waals surface area contributed by atoms with Crippen LogP contribution < -0.4 is 0 Å². The Labute approximate surface area is 95.1 Å². The minimum absolute atomic E-state index is 0.306. The first-order chi connectivity index (χ1) is 7.65. The van der Waals surface area contributed by atoms with Gasteiger partial charge in [0.1, 0.15) is 11.6 Å². The van der Waals surface area contributed by atoms with Crippen molar-refractivity contribution in [3.8, 4) is 0 Å². The zero-order chi connectivity index (χ0) is 11.5. The van der Waals surface area contributed by atoms with Gasteiger partial charge in [0.15, 0.2) is 0 Å². The second kappa shape index (κ2) is 4.91. The third-order valence-electron chi connectivity index (χ3n) is 3.14. The largest absolute Gasteiger partial charge is 0.299 e. The molecule has 1 saturated heterocycles. The summed E-state index contributed by atoms with van der Waals surface area (Å²) in [5.41, 5.74) is 0.467. The summed E-state index contributed by atoms with van der Waals surface area (Å²) < 4.78 is 26.4. The molecule has 1 heterocycles. The molecule has 1 aromatic rings. The maximum atomic E-state index is 13.4. The quantitative estimate of drug-likeness (QED) is 0.747. The van der Waals surface area contributed by atoms with E-state index in [4.69, 9.17) is 0 Å². The zero-order valence-electron chi connectivity index (χ0n) is 9.55. The molecule has 1 aliphatic rings. The highest BCUT2D eigenvalue weighted by Gasteiger charge is 2.17. The topological polar surface area (TPSA) is 3.24 Å². The van der Waals surface area contributed by atoms with Gasteiger partial charge in [-0.25, -0.2) is 8.78 Å². The van der Waals surface area contributed by atoms with Gasteiger partial charge < -0.3 is 0 Å². The van der Waals surface area contributed by atoms with Crippen molar-refractivity contribution < 1.29 is 8.78 Å². The standard InChI is InChI=1S/C13H17F2N/c1-10-3-2-6-16(8-10)9-11-7-12(14)4-5-13(11)15/h4-5,7,10H,2-3,6,8-9H2,1H3/t10-/m0/s1. The summed E-state index contributed by atoms with van der Waals surface area (Å²) >= 11 is 0. The van der Waals surface area contributed by atoms with Crippen molar-refractivity contribution in [2.24, 2.45) is 5.92 Å². The number of piperidine rings is 1. The van der Waals surface area contributed by atoms with Crippen LogP contribution in [0.3, 0.4) is 0 Å². The predicted molar refractivity (Wildman–Crippen MR) is 60.0 cm³/mol. The van der Waals surface area contributed by atoms with Crippen LogP contribution in [0.25, 0.3) is 0 Å². The first-order valence-electron chi connectivity index (χ1n) is 5.81. The summed E-state index contributed by atoms with van der Waals surface area (Å²) in [4.78, 5) is 2.20. The molecule has 0 bridgehead atoms. The minimum Gasteiger partial charge on any atom is -0.299 e. The fourth-order valence-electron chi connectivity index (χ4n) is 2.34. The van der Waals surface area contributed by atoms with E-state index in [0.29, 0.717) is 18.0 Å². The van der Waals surface area contributed by atoms with E-state index in [1.165, 1.54) is 18.6 Å². The lowest BCUT2D eigenvalue weighted by molar-refractivity contribution is 0.174. The van der Waals surface area contributed by atoms with Gasteiger partial charge in [0.2, 0.25) is 0 Å². The molecule has 0 unspecified atom stereocenters. The van der Waals surface area contributed by atoms with Crippen molar-refractivity contribution in [1.29, 1.82) is 0 Å². The number of likely N-dealkylation sites (tertiary alicyclic amines) is 1. The van der Waals surface area contributed by atoms with Crippen molar-refractivity contribution >= 4 is 0 Å². The molecule has 3 heteroatoms. The molecule has 0 radical (unpaired) electrons. The van der Waals surface area contributed by atoms with Gasteiger partial charge in [0, 0.05) is 18.7 Å². The number of nitrogens with zero attached hydrogens (tertiary/aromatic N) is 1. The number of rotatable bonds is 2. The van der Waals surface area contributed by atoms with E-state index >= 15 is 0 Å². The molecular weight excluding hydrogens is 208 g/mol. The lowest BCUT2D eigenvalue weighted by Crippen LogP contribution is -2.34. The first kappa shape index (κ1) is 11.5. The Hall–Kier alpha value is -0.960. The van der Waals surface area contributed by atoms with Crippen LogP contribution in [-0.2, 0) is 6.54 Å². The van der Waals surface area contributed by atoms with Crippen molar-refractivity contribution in [3.05, 3.63) is 35.4 Å². The monoisotopic (exact) mass is 225 g/mol. The van der Waals surface area contributed by atoms with Crippen molar-refractivity contribution in [2.75, 3.05) is 13.1 Å². The molecule has 0 aromatic heterocycles. The predicted octanol–water partition coefficient (Wildman–Crippen LogP) is 3.20. The van der Waals surface area contributed by atoms with Crippen LogP contribution in [0.4, 0.5) is 8.78 Å². The lowest BCUT2D eigenvalue weighted by atomic mass is 10.00. The van der Waals surface area contributed by atoms with Crippen LogP contribution in [0.15, 0.2) is 18.2 Å². The normalized spacial score (nSPS) is 22.3. The number of hydrogen-bond donors (Lipinski definition) is 0. The van der Waals surface area contributed by atoms with Crippen LogP contribution in [0, 0.1) is 17.6 Å². The third-order valence-corrected chi connectivity index (χ3v) is 3.14. The molecule has 88 valence electrons. The molecule has 16 heavy (non-hydrogen) atoms.